The van der Waals surface area contributed by atoms with E-state index in [1.54, 1.807) is 18.3 Å². The predicted octanol–water partition coefficient (Wildman–Crippen LogP) is 1.19. The van der Waals surface area contributed by atoms with Crippen molar-refractivity contribution >= 4 is 11.7 Å². The zero-order chi connectivity index (χ0) is 13.5. The van der Waals surface area contributed by atoms with Gasteiger partial charge in [-0.1, -0.05) is 0 Å². The van der Waals surface area contributed by atoms with Crippen LogP contribution in [-0.4, -0.2) is 49.0 Å². The lowest BCUT2D eigenvalue weighted by Crippen LogP contribution is -2.32. The molecule has 0 aliphatic carbocycles. The summed E-state index contributed by atoms with van der Waals surface area (Å²) in [6.07, 6.45) is 1.68. The monoisotopic (exact) mass is 250 g/mol. The third-order valence-corrected chi connectivity index (χ3v) is 2.32. The molecule has 0 aliphatic rings. The van der Waals surface area contributed by atoms with E-state index >= 15 is 0 Å². The van der Waals surface area contributed by atoms with Crippen LogP contribution in [0.3, 0.4) is 0 Å². The Kier molecular flexibility index (Phi) is 5.58. The summed E-state index contributed by atoms with van der Waals surface area (Å²) in [6.45, 7) is 5.48. The first-order chi connectivity index (χ1) is 8.50. The molecule has 0 aromatic carbocycles. The Morgan fingerprint density at radius 3 is 2.78 bits per heavy atom. The van der Waals surface area contributed by atoms with Crippen molar-refractivity contribution in [3.63, 3.8) is 0 Å². The summed E-state index contributed by atoms with van der Waals surface area (Å²) in [5.41, 5.74) is 0.588. The van der Waals surface area contributed by atoms with E-state index in [0.717, 1.165) is 6.54 Å². The highest BCUT2D eigenvalue weighted by molar-refractivity contribution is 5.98. The number of rotatable bonds is 6. The van der Waals surface area contributed by atoms with Crippen molar-refractivity contribution in [3.05, 3.63) is 23.9 Å². The van der Waals surface area contributed by atoms with E-state index in [1.165, 1.54) is 0 Å². The normalized spacial score (nSPS) is 10.8. The summed E-state index contributed by atoms with van der Waals surface area (Å²) in [5.74, 6) is 0.544. The maximum atomic E-state index is 12.0. The number of nitrogens with zero attached hydrogens (tertiary/aromatic N) is 2. The van der Waals surface area contributed by atoms with Gasteiger partial charge in [-0.05, 0) is 40.1 Å². The largest absolute Gasteiger partial charge is 0.367 e. The van der Waals surface area contributed by atoms with Crippen molar-refractivity contribution in [3.8, 4) is 0 Å². The van der Waals surface area contributed by atoms with E-state index in [1.807, 2.05) is 32.8 Å². The molecule has 1 amide bonds. The Hall–Kier alpha value is -1.62. The second-order valence-electron chi connectivity index (χ2n) is 4.76. The third kappa shape index (κ3) is 4.71. The summed E-state index contributed by atoms with van der Waals surface area (Å²) in [5, 5.41) is 6.05. The molecule has 0 bridgehead atoms. The first-order valence-corrected chi connectivity index (χ1v) is 6.15. The van der Waals surface area contributed by atoms with Gasteiger partial charge in [-0.2, -0.15) is 0 Å². The molecule has 18 heavy (non-hydrogen) atoms. The minimum atomic E-state index is -0.0897. The van der Waals surface area contributed by atoms with Crippen LogP contribution in [0.2, 0.25) is 0 Å². The van der Waals surface area contributed by atoms with E-state index < -0.39 is 0 Å². The fraction of sp³-hybridized carbons (Fsp3) is 0.538. The SMILES string of the molecule is CC(C)Nc1ncccc1C(=O)NCCN(C)C. The van der Waals surface area contributed by atoms with Crippen LogP contribution in [0.1, 0.15) is 24.2 Å². The average Bonchev–Trinajstić information content (AvgIpc) is 2.28. The molecule has 0 radical (unpaired) electrons. The van der Waals surface area contributed by atoms with Gasteiger partial charge in [0, 0.05) is 25.3 Å². The van der Waals surface area contributed by atoms with E-state index in [4.69, 9.17) is 0 Å². The van der Waals surface area contributed by atoms with E-state index in [0.29, 0.717) is 17.9 Å². The lowest BCUT2D eigenvalue weighted by atomic mass is 10.2. The molecule has 1 aromatic rings. The van der Waals surface area contributed by atoms with Crippen LogP contribution in [-0.2, 0) is 0 Å². The van der Waals surface area contributed by atoms with Gasteiger partial charge in [0.15, 0.2) is 0 Å². The first kappa shape index (κ1) is 14.4. The second-order valence-corrected chi connectivity index (χ2v) is 4.76. The molecule has 0 unspecified atom stereocenters. The molecule has 0 aliphatic heterocycles. The minimum Gasteiger partial charge on any atom is -0.367 e. The van der Waals surface area contributed by atoms with Crippen LogP contribution in [0.5, 0.6) is 0 Å². The molecule has 5 heteroatoms. The number of likely N-dealkylation sites (N-methyl/N-ethyl adjacent to an activating group) is 1. The van der Waals surface area contributed by atoms with Crippen molar-refractivity contribution in [1.82, 2.24) is 15.2 Å². The molecule has 0 atom stereocenters. The lowest BCUT2D eigenvalue weighted by molar-refractivity contribution is 0.0951. The highest BCUT2D eigenvalue weighted by Gasteiger charge is 2.12. The number of anilines is 1. The van der Waals surface area contributed by atoms with Crippen LogP contribution in [0.4, 0.5) is 5.82 Å². The van der Waals surface area contributed by atoms with Crippen molar-refractivity contribution < 1.29 is 4.79 Å². The molecule has 0 saturated carbocycles. The van der Waals surface area contributed by atoms with E-state index in [2.05, 4.69) is 15.6 Å². The molecule has 1 aromatic heterocycles. The number of aromatic nitrogens is 1. The van der Waals surface area contributed by atoms with Gasteiger partial charge in [-0.3, -0.25) is 4.79 Å². The summed E-state index contributed by atoms with van der Waals surface area (Å²) in [4.78, 5) is 18.2. The van der Waals surface area contributed by atoms with E-state index in [9.17, 15) is 4.79 Å². The summed E-state index contributed by atoms with van der Waals surface area (Å²) >= 11 is 0. The molecule has 0 fully saturated rings. The predicted molar refractivity (Wildman–Crippen MR) is 73.9 cm³/mol. The van der Waals surface area contributed by atoms with Crippen LogP contribution < -0.4 is 10.6 Å². The zero-order valence-corrected chi connectivity index (χ0v) is 11.5. The molecular weight excluding hydrogens is 228 g/mol. The topological polar surface area (TPSA) is 57.3 Å². The molecule has 1 heterocycles. The summed E-state index contributed by atoms with van der Waals surface area (Å²) in [6, 6.07) is 3.79. The van der Waals surface area contributed by atoms with Crippen LogP contribution >= 0.6 is 0 Å². The Morgan fingerprint density at radius 2 is 2.17 bits per heavy atom. The fourth-order valence-corrected chi connectivity index (χ4v) is 1.47. The van der Waals surface area contributed by atoms with E-state index in [-0.39, 0.29) is 11.9 Å². The van der Waals surface area contributed by atoms with Gasteiger partial charge >= 0.3 is 0 Å². The number of carbonyl (C=O) groups excluding carboxylic acids is 1. The fourth-order valence-electron chi connectivity index (χ4n) is 1.47. The maximum Gasteiger partial charge on any atom is 0.255 e. The Morgan fingerprint density at radius 1 is 1.44 bits per heavy atom. The number of hydrogen-bond acceptors (Lipinski definition) is 4. The zero-order valence-electron chi connectivity index (χ0n) is 11.5. The van der Waals surface area contributed by atoms with Crippen LogP contribution in [0.15, 0.2) is 18.3 Å². The molecular formula is C13H22N4O. The van der Waals surface area contributed by atoms with Crippen molar-refractivity contribution in [1.29, 1.82) is 0 Å². The lowest BCUT2D eigenvalue weighted by Gasteiger charge is -2.14. The number of nitrogens with one attached hydrogen (secondary N) is 2. The molecule has 5 nitrogen and oxygen atoms in total. The quantitative estimate of drug-likeness (QED) is 0.796. The maximum absolute atomic E-state index is 12.0. The third-order valence-electron chi connectivity index (χ3n) is 2.32. The molecule has 2 N–H and O–H groups in total. The molecule has 1 rings (SSSR count). The van der Waals surface area contributed by atoms with Gasteiger partial charge < -0.3 is 15.5 Å². The molecule has 0 saturated heterocycles. The van der Waals surface area contributed by atoms with Gasteiger partial charge in [0.25, 0.3) is 5.91 Å². The summed E-state index contributed by atoms with van der Waals surface area (Å²) < 4.78 is 0. The number of carbonyl (C=O) groups is 1. The van der Waals surface area contributed by atoms with Gasteiger partial charge in [-0.15, -0.1) is 0 Å². The van der Waals surface area contributed by atoms with Gasteiger partial charge in [0.1, 0.15) is 5.82 Å². The highest BCUT2D eigenvalue weighted by Crippen LogP contribution is 2.12. The van der Waals surface area contributed by atoms with Gasteiger partial charge in [-0.25, -0.2) is 4.98 Å². The smallest absolute Gasteiger partial charge is 0.255 e. The van der Waals surface area contributed by atoms with Crippen molar-refractivity contribution in [2.24, 2.45) is 0 Å². The Bertz CT molecular complexity index is 390. The Balaban J connectivity index is 2.66. The van der Waals surface area contributed by atoms with Crippen LogP contribution in [0.25, 0.3) is 0 Å². The Labute approximate surface area is 109 Å². The number of amides is 1. The number of pyridine rings is 1. The average molecular weight is 250 g/mol. The second kappa shape index (κ2) is 6.96. The van der Waals surface area contributed by atoms with Crippen molar-refractivity contribution in [2.45, 2.75) is 19.9 Å². The number of hydrogen-bond donors (Lipinski definition) is 2. The first-order valence-electron chi connectivity index (χ1n) is 6.15. The molecule has 100 valence electrons. The van der Waals surface area contributed by atoms with Gasteiger partial charge in [0.2, 0.25) is 0 Å². The van der Waals surface area contributed by atoms with Crippen molar-refractivity contribution in [2.75, 3.05) is 32.5 Å². The highest BCUT2D eigenvalue weighted by atomic mass is 16.1. The van der Waals surface area contributed by atoms with Gasteiger partial charge in [0.05, 0.1) is 5.56 Å². The standard InChI is InChI=1S/C13H22N4O/c1-10(2)16-12-11(6-5-7-14-12)13(18)15-8-9-17(3)4/h5-7,10H,8-9H2,1-4H3,(H,14,16)(H,15,18). The minimum absolute atomic E-state index is 0.0897. The summed E-state index contributed by atoms with van der Waals surface area (Å²) in [7, 11) is 3.95. The molecule has 0 spiro atoms. The van der Waals surface area contributed by atoms with Crippen LogP contribution in [0, 0.1) is 0 Å².